The molecule has 0 aliphatic heterocycles. The van der Waals surface area contributed by atoms with E-state index in [0.717, 1.165) is 12.8 Å². The predicted molar refractivity (Wildman–Crippen MR) is 62.7 cm³/mol. The zero-order chi connectivity index (χ0) is 12.4. The smallest absolute Gasteiger partial charge is 0.323 e. The first-order valence-corrected chi connectivity index (χ1v) is 6.05. The van der Waals surface area contributed by atoms with Crippen molar-refractivity contribution < 1.29 is 9.53 Å². The average Bonchev–Trinajstić information content (AvgIpc) is 3.03. The van der Waals surface area contributed by atoms with Crippen LogP contribution in [0.4, 0.5) is 0 Å². The summed E-state index contributed by atoms with van der Waals surface area (Å²) in [7, 11) is 1.42. The van der Waals surface area contributed by atoms with Crippen LogP contribution in [0.3, 0.4) is 0 Å². The van der Waals surface area contributed by atoms with Gasteiger partial charge in [-0.15, -0.1) is 0 Å². The minimum Gasteiger partial charge on any atom is -0.468 e. The van der Waals surface area contributed by atoms with Crippen molar-refractivity contribution in [1.82, 2.24) is 0 Å². The molecule has 2 aliphatic rings. The van der Waals surface area contributed by atoms with Crippen LogP contribution in [0.5, 0.6) is 0 Å². The van der Waals surface area contributed by atoms with E-state index in [0.29, 0.717) is 5.92 Å². The molecule has 2 rings (SSSR count). The molecule has 0 radical (unpaired) electrons. The molecule has 1 atom stereocenters. The molecule has 0 saturated heterocycles. The van der Waals surface area contributed by atoms with E-state index in [1.807, 2.05) is 0 Å². The molecule has 3 nitrogen and oxygen atoms in total. The Morgan fingerprint density at radius 1 is 1.25 bits per heavy atom. The van der Waals surface area contributed by atoms with E-state index in [1.54, 1.807) is 0 Å². The largest absolute Gasteiger partial charge is 0.468 e. The maximum absolute atomic E-state index is 11.6. The molecule has 0 aromatic carbocycles. The summed E-state index contributed by atoms with van der Waals surface area (Å²) >= 11 is 0. The van der Waals surface area contributed by atoms with Crippen molar-refractivity contribution >= 4 is 5.97 Å². The fourth-order valence-electron chi connectivity index (χ4n) is 3.92. The number of methoxy groups -OCH3 is 1. The molecule has 0 spiro atoms. The normalized spacial score (nSPS) is 30.6. The van der Waals surface area contributed by atoms with Crippen molar-refractivity contribution in [1.29, 1.82) is 0 Å². The van der Waals surface area contributed by atoms with Crippen LogP contribution in [0, 0.1) is 22.2 Å². The molecular formula is C13H23NO2. The molecule has 16 heavy (non-hydrogen) atoms. The lowest BCUT2D eigenvalue weighted by atomic mass is 9.86. The maximum Gasteiger partial charge on any atom is 0.323 e. The molecule has 92 valence electrons. The number of ether oxygens (including phenoxy) is 1. The van der Waals surface area contributed by atoms with Gasteiger partial charge in [-0.3, -0.25) is 4.79 Å². The number of hydrogen-bond donors (Lipinski definition) is 1. The molecule has 3 heteroatoms. The topological polar surface area (TPSA) is 52.3 Å². The number of hydrogen-bond acceptors (Lipinski definition) is 3. The number of esters is 1. The highest BCUT2D eigenvalue weighted by Crippen LogP contribution is 2.80. The zero-order valence-electron chi connectivity index (χ0n) is 11.0. The Bertz CT molecular complexity index is 315. The summed E-state index contributed by atoms with van der Waals surface area (Å²) in [5, 5.41) is 0. The number of carbonyl (C=O) groups is 1. The van der Waals surface area contributed by atoms with E-state index < -0.39 is 6.04 Å². The van der Waals surface area contributed by atoms with Gasteiger partial charge < -0.3 is 10.5 Å². The maximum atomic E-state index is 11.6. The van der Waals surface area contributed by atoms with Gasteiger partial charge in [0.25, 0.3) is 0 Å². The fraction of sp³-hybridized carbons (Fsp3) is 0.923. The van der Waals surface area contributed by atoms with Crippen molar-refractivity contribution in [2.45, 2.75) is 46.6 Å². The van der Waals surface area contributed by atoms with Gasteiger partial charge in [0.05, 0.1) is 7.11 Å². The summed E-state index contributed by atoms with van der Waals surface area (Å²) in [4.78, 5) is 11.6. The van der Waals surface area contributed by atoms with Gasteiger partial charge in [0, 0.05) is 5.41 Å². The second-order valence-electron chi connectivity index (χ2n) is 6.61. The van der Waals surface area contributed by atoms with Crippen LogP contribution in [0.25, 0.3) is 0 Å². The predicted octanol–water partition coefficient (Wildman–Crippen LogP) is 1.95. The van der Waals surface area contributed by atoms with Gasteiger partial charge in [-0.2, -0.15) is 0 Å². The van der Waals surface area contributed by atoms with Crippen LogP contribution in [-0.2, 0) is 9.53 Å². The van der Waals surface area contributed by atoms with Gasteiger partial charge >= 0.3 is 5.97 Å². The van der Waals surface area contributed by atoms with Crippen LogP contribution in [-0.4, -0.2) is 19.1 Å². The van der Waals surface area contributed by atoms with E-state index in [2.05, 4.69) is 27.7 Å². The van der Waals surface area contributed by atoms with Crippen LogP contribution in [0.15, 0.2) is 0 Å². The lowest BCUT2D eigenvalue weighted by molar-refractivity contribution is -0.144. The van der Waals surface area contributed by atoms with E-state index in [-0.39, 0.29) is 22.2 Å². The summed E-state index contributed by atoms with van der Waals surface area (Å²) in [5.41, 5.74) is 6.66. The average molecular weight is 225 g/mol. The van der Waals surface area contributed by atoms with Crippen molar-refractivity contribution in [2.24, 2.45) is 27.9 Å². The zero-order valence-corrected chi connectivity index (χ0v) is 11.0. The Hall–Kier alpha value is -0.570. The molecule has 0 heterocycles. The third kappa shape index (κ3) is 1.21. The summed E-state index contributed by atoms with van der Waals surface area (Å²) in [6.45, 7) is 9.12. The first-order valence-electron chi connectivity index (χ1n) is 6.05. The molecule has 0 bridgehead atoms. The summed E-state index contributed by atoms with van der Waals surface area (Å²) in [6, 6.07) is -0.441. The van der Waals surface area contributed by atoms with Crippen molar-refractivity contribution in [3.63, 3.8) is 0 Å². The molecule has 2 aliphatic carbocycles. The Labute approximate surface area is 97.7 Å². The monoisotopic (exact) mass is 225 g/mol. The van der Waals surface area contributed by atoms with Gasteiger partial charge in [-0.05, 0) is 29.6 Å². The standard InChI is InChI=1S/C13H23NO2/c1-11(2)10(12(11,3)4)13(6-7-13)8(14)9(15)16-5/h8,10H,6-7,14H2,1-5H3. The number of rotatable bonds is 3. The summed E-state index contributed by atoms with van der Waals surface area (Å²) in [5.74, 6) is 0.289. The highest BCUT2D eigenvalue weighted by atomic mass is 16.5. The quantitative estimate of drug-likeness (QED) is 0.747. The molecule has 2 N–H and O–H groups in total. The Morgan fingerprint density at radius 2 is 1.69 bits per heavy atom. The number of carbonyl (C=O) groups excluding carboxylic acids is 1. The summed E-state index contributed by atoms with van der Waals surface area (Å²) in [6.07, 6.45) is 2.14. The van der Waals surface area contributed by atoms with E-state index >= 15 is 0 Å². The molecule has 1 unspecified atom stereocenters. The summed E-state index contributed by atoms with van der Waals surface area (Å²) < 4.78 is 4.79. The van der Waals surface area contributed by atoms with Gasteiger partial charge in [0.2, 0.25) is 0 Å². The highest BCUT2D eigenvalue weighted by Gasteiger charge is 2.76. The molecule has 2 fully saturated rings. The Kier molecular flexibility index (Phi) is 2.24. The second kappa shape index (κ2) is 3.00. The van der Waals surface area contributed by atoms with Crippen LogP contribution >= 0.6 is 0 Å². The third-order valence-electron chi connectivity index (χ3n) is 5.50. The first-order chi connectivity index (χ1) is 7.22. The fourth-order valence-corrected chi connectivity index (χ4v) is 3.92. The number of nitrogens with two attached hydrogens (primary N) is 1. The minimum atomic E-state index is -0.441. The molecule has 0 aromatic heterocycles. The SMILES string of the molecule is COC(=O)C(N)C1(C2C(C)(C)C2(C)C)CC1. The van der Waals surface area contributed by atoms with Crippen molar-refractivity contribution in [3.8, 4) is 0 Å². The van der Waals surface area contributed by atoms with E-state index in [4.69, 9.17) is 10.5 Å². The van der Waals surface area contributed by atoms with E-state index in [9.17, 15) is 4.79 Å². The van der Waals surface area contributed by atoms with Gasteiger partial charge in [-0.1, -0.05) is 27.7 Å². The van der Waals surface area contributed by atoms with Crippen LogP contribution in [0.2, 0.25) is 0 Å². The van der Waals surface area contributed by atoms with Gasteiger partial charge in [0.1, 0.15) is 6.04 Å². The Balaban J connectivity index is 2.20. The second-order valence-corrected chi connectivity index (χ2v) is 6.61. The van der Waals surface area contributed by atoms with Crippen molar-refractivity contribution in [3.05, 3.63) is 0 Å². The molecule has 0 amide bonds. The van der Waals surface area contributed by atoms with Crippen LogP contribution in [0.1, 0.15) is 40.5 Å². The lowest BCUT2D eigenvalue weighted by Crippen LogP contribution is -2.42. The van der Waals surface area contributed by atoms with Crippen molar-refractivity contribution in [2.75, 3.05) is 7.11 Å². The minimum absolute atomic E-state index is 0.0140. The molecular weight excluding hydrogens is 202 g/mol. The third-order valence-corrected chi connectivity index (χ3v) is 5.50. The molecule has 0 aromatic rings. The van der Waals surface area contributed by atoms with Gasteiger partial charge in [0.15, 0.2) is 0 Å². The lowest BCUT2D eigenvalue weighted by Gasteiger charge is -2.23. The highest BCUT2D eigenvalue weighted by molar-refractivity contribution is 5.77. The van der Waals surface area contributed by atoms with E-state index in [1.165, 1.54) is 7.11 Å². The first kappa shape index (κ1) is 11.9. The van der Waals surface area contributed by atoms with Gasteiger partial charge in [-0.25, -0.2) is 0 Å². The van der Waals surface area contributed by atoms with Crippen LogP contribution < -0.4 is 5.73 Å². The Morgan fingerprint density at radius 3 is 1.94 bits per heavy atom. The molecule has 2 saturated carbocycles.